The molecule has 0 fully saturated rings. The van der Waals surface area contributed by atoms with Crippen molar-refractivity contribution in [2.24, 2.45) is 0 Å². The molecule has 0 atom stereocenters. The highest BCUT2D eigenvalue weighted by molar-refractivity contribution is 6.01. The Bertz CT molecular complexity index is 900. The van der Waals surface area contributed by atoms with Gasteiger partial charge in [0.25, 0.3) is 0 Å². The summed E-state index contributed by atoms with van der Waals surface area (Å²) < 4.78 is 19.5. The van der Waals surface area contributed by atoms with Gasteiger partial charge in [-0.1, -0.05) is 0 Å². The summed E-state index contributed by atoms with van der Waals surface area (Å²) in [5.74, 6) is -1.16. The van der Waals surface area contributed by atoms with E-state index in [2.05, 4.69) is 30.1 Å². The molecule has 0 unspecified atom stereocenters. The Hall–Kier alpha value is -3.96. The minimum atomic E-state index is -0.731. The lowest BCUT2D eigenvalue weighted by Crippen LogP contribution is -2.18. The van der Waals surface area contributed by atoms with Gasteiger partial charge in [-0.3, -0.25) is 10.6 Å². The van der Waals surface area contributed by atoms with Crippen LogP contribution < -0.4 is 10.6 Å². The number of hydrogen-bond acceptors (Lipinski definition) is 8. The van der Waals surface area contributed by atoms with Crippen LogP contribution in [0.1, 0.15) is 44.9 Å². The number of unbranched alkanes of at least 4 members (excludes halogenated alkanes) is 1. The number of hydrogen-bond donors (Lipinski definition) is 4. The van der Waals surface area contributed by atoms with E-state index in [1.807, 2.05) is 0 Å². The average Bonchev–Trinajstić information content (AvgIpc) is 3.31. The number of anilines is 2. The van der Waals surface area contributed by atoms with Crippen LogP contribution in [-0.2, 0) is 18.9 Å². The van der Waals surface area contributed by atoms with Gasteiger partial charge in [0.2, 0.25) is 0 Å². The molecular formula is C20H26N4O8. The standard InChI is InChI=1S/C20H26N4O8/c1-11-15(17(25)29-3)13(9-21-11)23-19(27)31-7-5-6-8-32-20(28)24-14-10-22-12(2)16(14)18(26)30-4/h9-10,21-22H,5-8H2,1-4H3,(H,23,27)(H,24,28). The van der Waals surface area contributed by atoms with E-state index in [9.17, 15) is 19.2 Å². The summed E-state index contributed by atoms with van der Waals surface area (Å²) in [4.78, 5) is 53.0. The molecule has 0 aliphatic rings. The zero-order valence-electron chi connectivity index (χ0n) is 18.2. The minimum absolute atomic E-state index is 0.0806. The number of amides is 2. The van der Waals surface area contributed by atoms with E-state index < -0.39 is 24.1 Å². The third-order valence-electron chi connectivity index (χ3n) is 4.41. The number of nitrogens with one attached hydrogen (secondary N) is 4. The Kier molecular flexibility index (Phi) is 8.69. The quantitative estimate of drug-likeness (QED) is 0.257. The van der Waals surface area contributed by atoms with Crippen molar-refractivity contribution in [3.63, 3.8) is 0 Å². The third-order valence-corrected chi connectivity index (χ3v) is 4.41. The molecule has 0 aliphatic heterocycles. The van der Waals surface area contributed by atoms with Gasteiger partial charge in [0.05, 0.1) is 38.8 Å². The summed E-state index contributed by atoms with van der Waals surface area (Å²) in [6.07, 6.45) is 2.35. The molecule has 0 aliphatic carbocycles. The van der Waals surface area contributed by atoms with E-state index in [1.54, 1.807) is 13.8 Å². The van der Waals surface area contributed by atoms with E-state index in [1.165, 1.54) is 26.6 Å². The maximum atomic E-state index is 11.9. The van der Waals surface area contributed by atoms with Crippen LogP contribution in [0.3, 0.4) is 0 Å². The highest BCUT2D eigenvalue weighted by Crippen LogP contribution is 2.21. The van der Waals surface area contributed by atoms with Crippen molar-refractivity contribution in [3.05, 3.63) is 34.9 Å². The third kappa shape index (κ3) is 6.27. The van der Waals surface area contributed by atoms with Crippen LogP contribution in [-0.4, -0.2) is 61.5 Å². The van der Waals surface area contributed by atoms with Crippen molar-refractivity contribution in [3.8, 4) is 0 Å². The highest BCUT2D eigenvalue weighted by atomic mass is 16.6. The fourth-order valence-electron chi connectivity index (χ4n) is 2.81. The van der Waals surface area contributed by atoms with Crippen LogP contribution in [0, 0.1) is 13.8 Å². The summed E-state index contributed by atoms with van der Waals surface area (Å²) in [5.41, 5.74) is 2.05. The van der Waals surface area contributed by atoms with Crippen LogP contribution in [0.2, 0.25) is 0 Å². The molecular weight excluding hydrogens is 424 g/mol. The lowest BCUT2D eigenvalue weighted by molar-refractivity contribution is 0.0592. The second-order valence-corrected chi connectivity index (χ2v) is 6.62. The number of aromatic nitrogens is 2. The SMILES string of the molecule is COC(=O)c1c(NC(=O)OCCCCOC(=O)Nc2c[nH]c(C)c2C(=O)OC)c[nH]c1C. The molecule has 2 aromatic rings. The molecule has 0 bridgehead atoms. The second kappa shape index (κ2) is 11.4. The number of carbonyl (C=O) groups is 4. The maximum absolute atomic E-state index is 11.9. The molecule has 32 heavy (non-hydrogen) atoms. The van der Waals surface area contributed by atoms with Gasteiger partial charge in [0.1, 0.15) is 11.1 Å². The fraction of sp³-hybridized carbons (Fsp3) is 0.400. The zero-order chi connectivity index (χ0) is 23.7. The predicted molar refractivity (Wildman–Crippen MR) is 113 cm³/mol. The molecule has 4 N–H and O–H groups in total. The maximum Gasteiger partial charge on any atom is 0.411 e. The molecule has 0 aromatic carbocycles. The second-order valence-electron chi connectivity index (χ2n) is 6.62. The molecule has 0 radical (unpaired) electrons. The average molecular weight is 450 g/mol. The lowest BCUT2D eigenvalue weighted by atomic mass is 10.2. The van der Waals surface area contributed by atoms with Gasteiger partial charge in [0.15, 0.2) is 0 Å². The van der Waals surface area contributed by atoms with Crippen molar-refractivity contribution in [1.82, 2.24) is 9.97 Å². The van der Waals surface area contributed by atoms with Gasteiger partial charge in [-0.15, -0.1) is 0 Å². The summed E-state index contributed by atoms with van der Waals surface area (Å²) in [6.45, 7) is 3.51. The van der Waals surface area contributed by atoms with E-state index in [0.29, 0.717) is 24.2 Å². The van der Waals surface area contributed by atoms with Crippen LogP contribution in [0.15, 0.2) is 12.4 Å². The zero-order valence-corrected chi connectivity index (χ0v) is 18.2. The predicted octanol–water partition coefficient (Wildman–Crippen LogP) is 3.11. The Labute approximate surface area is 183 Å². The van der Waals surface area contributed by atoms with Crippen LogP contribution in [0.5, 0.6) is 0 Å². The first-order valence-corrected chi connectivity index (χ1v) is 9.68. The largest absolute Gasteiger partial charge is 0.465 e. The van der Waals surface area contributed by atoms with Gasteiger partial charge in [0, 0.05) is 23.8 Å². The summed E-state index contributed by atoms with van der Waals surface area (Å²) in [7, 11) is 2.49. The van der Waals surface area contributed by atoms with Crippen LogP contribution in [0.4, 0.5) is 21.0 Å². The summed E-state index contributed by atoms with van der Waals surface area (Å²) in [6, 6.07) is 0. The first kappa shape index (κ1) is 24.3. The Balaban J connectivity index is 1.68. The Morgan fingerprint density at radius 3 is 1.47 bits per heavy atom. The number of H-pyrrole nitrogens is 2. The topological polar surface area (TPSA) is 161 Å². The summed E-state index contributed by atoms with van der Waals surface area (Å²) >= 11 is 0. The van der Waals surface area contributed by atoms with Crippen molar-refractivity contribution in [2.75, 3.05) is 38.1 Å². The van der Waals surface area contributed by atoms with Crippen molar-refractivity contribution in [2.45, 2.75) is 26.7 Å². The number of methoxy groups -OCH3 is 2. The molecule has 0 spiro atoms. The van der Waals surface area contributed by atoms with Gasteiger partial charge in [-0.05, 0) is 26.7 Å². The van der Waals surface area contributed by atoms with Crippen molar-refractivity contribution in [1.29, 1.82) is 0 Å². The van der Waals surface area contributed by atoms with Crippen LogP contribution >= 0.6 is 0 Å². The van der Waals surface area contributed by atoms with Crippen LogP contribution in [0.25, 0.3) is 0 Å². The van der Waals surface area contributed by atoms with E-state index in [0.717, 1.165) is 0 Å². The molecule has 174 valence electrons. The number of aromatic amines is 2. The van der Waals surface area contributed by atoms with Gasteiger partial charge >= 0.3 is 24.1 Å². The van der Waals surface area contributed by atoms with E-state index in [4.69, 9.17) is 9.47 Å². The highest BCUT2D eigenvalue weighted by Gasteiger charge is 2.20. The van der Waals surface area contributed by atoms with Gasteiger partial charge in [-0.2, -0.15) is 0 Å². The first-order chi connectivity index (χ1) is 15.3. The molecule has 2 heterocycles. The molecule has 2 aromatic heterocycles. The van der Waals surface area contributed by atoms with E-state index in [-0.39, 0.29) is 35.7 Å². The minimum Gasteiger partial charge on any atom is -0.465 e. The van der Waals surface area contributed by atoms with Crippen molar-refractivity contribution >= 4 is 35.5 Å². The molecule has 0 saturated heterocycles. The van der Waals surface area contributed by atoms with Crippen molar-refractivity contribution < 1.29 is 38.1 Å². The molecule has 2 amide bonds. The van der Waals surface area contributed by atoms with E-state index >= 15 is 0 Å². The number of carbonyl (C=O) groups excluding carboxylic acids is 4. The molecule has 12 nitrogen and oxygen atoms in total. The number of esters is 2. The number of rotatable bonds is 9. The summed E-state index contributed by atoms with van der Waals surface area (Å²) in [5, 5.41) is 4.95. The normalized spacial score (nSPS) is 10.2. The van der Waals surface area contributed by atoms with Gasteiger partial charge in [-0.25, -0.2) is 19.2 Å². The first-order valence-electron chi connectivity index (χ1n) is 9.68. The molecule has 12 heteroatoms. The Morgan fingerprint density at radius 2 is 1.12 bits per heavy atom. The fourth-order valence-corrected chi connectivity index (χ4v) is 2.81. The monoisotopic (exact) mass is 450 g/mol. The molecule has 2 rings (SSSR count). The Morgan fingerprint density at radius 1 is 0.750 bits per heavy atom. The lowest BCUT2D eigenvalue weighted by Gasteiger charge is -2.09. The number of aryl methyl sites for hydroxylation is 2. The van der Waals surface area contributed by atoms with Gasteiger partial charge < -0.3 is 28.9 Å². The smallest absolute Gasteiger partial charge is 0.411 e. The number of ether oxygens (including phenoxy) is 4. The molecule has 0 saturated carbocycles.